The maximum absolute atomic E-state index is 11.2. The molecule has 3 rings (SSSR count). The summed E-state index contributed by atoms with van der Waals surface area (Å²) in [6.07, 6.45) is 1.64. The molecule has 23 heavy (non-hydrogen) atoms. The van der Waals surface area contributed by atoms with Crippen molar-refractivity contribution in [2.24, 2.45) is 0 Å². The summed E-state index contributed by atoms with van der Waals surface area (Å²) in [6.45, 7) is 1.88. The van der Waals surface area contributed by atoms with Crippen molar-refractivity contribution in [3.63, 3.8) is 0 Å². The zero-order valence-electron chi connectivity index (χ0n) is 12.6. The quantitative estimate of drug-likeness (QED) is 0.795. The highest BCUT2D eigenvalue weighted by Gasteiger charge is 2.18. The zero-order valence-corrected chi connectivity index (χ0v) is 12.6. The van der Waals surface area contributed by atoms with Crippen molar-refractivity contribution < 1.29 is 14.6 Å². The lowest BCUT2D eigenvalue weighted by Gasteiger charge is -2.07. The molecule has 3 aromatic rings. The van der Waals surface area contributed by atoms with E-state index in [2.05, 4.69) is 15.1 Å². The molecule has 0 aliphatic rings. The largest absolute Gasteiger partial charge is 0.497 e. The second kappa shape index (κ2) is 5.88. The van der Waals surface area contributed by atoms with E-state index < -0.39 is 5.97 Å². The van der Waals surface area contributed by atoms with Gasteiger partial charge in [-0.3, -0.25) is 4.98 Å². The maximum atomic E-state index is 11.2. The Bertz CT molecular complexity index is 839. The number of aromatic carboxylic acids is 1. The number of aromatic nitrogens is 4. The smallest absolute Gasteiger partial charge is 0.375 e. The second-order valence-corrected chi connectivity index (χ2v) is 4.86. The summed E-state index contributed by atoms with van der Waals surface area (Å²) in [6, 6.07) is 10.8. The summed E-state index contributed by atoms with van der Waals surface area (Å²) in [4.78, 5) is 19.5. The summed E-state index contributed by atoms with van der Waals surface area (Å²) >= 11 is 0. The van der Waals surface area contributed by atoms with E-state index in [9.17, 15) is 4.79 Å². The van der Waals surface area contributed by atoms with Gasteiger partial charge in [0, 0.05) is 17.5 Å². The second-order valence-electron chi connectivity index (χ2n) is 4.86. The number of rotatable bonds is 4. The van der Waals surface area contributed by atoms with Gasteiger partial charge >= 0.3 is 5.97 Å². The van der Waals surface area contributed by atoms with Gasteiger partial charge in [-0.05, 0) is 43.3 Å². The van der Waals surface area contributed by atoms with Gasteiger partial charge in [0.1, 0.15) is 5.75 Å². The minimum Gasteiger partial charge on any atom is -0.497 e. The molecule has 0 spiro atoms. The van der Waals surface area contributed by atoms with Crippen LogP contribution in [0.2, 0.25) is 0 Å². The van der Waals surface area contributed by atoms with E-state index in [1.807, 2.05) is 19.1 Å². The molecule has 0 radical (unpaired) electrons. The lowest BCUT2D eigenvalue weighted by atomic mass is 10.2. The molecule has 1 N–H and O–H groups in total. The molecule has 0 aliphatic carbocycles. The molecule has 0 amide bonds. The van der Waals surface area contributed by atoms with Crippen molar-refractivity contribution in [2.75, 3.05) is 7.11 Å². The number of nitrogens with zero attached hydrogens (tertiary/aromatic N) is 4. The molecule has 1 aromatic carbocycles. The number of pyridine rings is 1. The van der Waals surface area contributed by atoms with Gasteiger partial charge in [-0.25, -0.2) is 14.5 Å². The molecule has 7 heteroatoms. The van der Waals surface area contributed by atoms with E-state index in [0.29, 0.717) is 22.8 Å². The Kier molecular flexibility index (Phi) is 3.76. The van der Waals surface area contributed by atoms with Crippen molar-refractivity contribution in [3.8, 4) is 22.8 Å². The number of carboxylic acids is 1. The predicted octanol–water partition coefficient (Wildman–Crippen LogP) is 2.34. The monoisotopic (exact) mass is 310 g/mol. The van der Waals surface area contributed by atoms with Crippen molar-refractivity contribution in [2.45, 2.75) is 6.92 Å². The Morgan fingerprint density at radius 2 is 1.91 bits per heavy atom. The number of benzene rings is 1. The highest BCUT2D eigenvalue weighted by molar-refractivity contribution is 5.84. The van der Waals surface area contributed by atoms with Crippen LogP contribution in [0.15, 0.2) is 42.6 Å². The van der Waals surface area contributed by atoms with Crippen LogP contribution in [0.25, 0.3) is 17.1 Å². The molecular formula is C16H14N4O3. The lowest BCUT2D eigenvalue weighted by molar-refractivity contribution is 0.0683. The average molecular weight is 310 g/mol. The number of hydrogen-bond acceptors (Lipinski definition) is 5. The van der Waals surface area contributed by atoms with Crippen molar-refractivity contribution in [1.29, 1.82) is 0 Å². The number of carbonyl (C=O) groups is 1. The van der Waals surface area contributed by atoms with Gasteiger partial charge in [0.25, 0.3) is 5.82 Å². The summed E-state index contributed by atoms with van der Waals surface area (Å²) in [5, 5.41) is 13.2. The zero-order chi connectivity index (χ0) is 16.4. The van der Waals surface area contributed by atoms with Crippen LogP contribution < -0.4 is 4.74 Å². The van der Waals surface area contributed by atoms with Crippen molar-refractivity contribution in [1.82, 2.24) is 19.7 Å². The summed E-state index contributed by atoms with van der Waals surface area (Å²) in [5.74, 6) is -0.332. The molecule has 0 saturated carbocycles. The van der Waals surface area contributed by atoms with E-state index in [-0.39, 0.29) is 5.82 Å². The number of hydrogen-bond donors (Lipinski definition) is 1. The van der Waals surface area contributed by atoms with Crippen LogP contribution >= 0.6 is 0 Å². The third kappa shape index (κ3) is 2.89. The fourth-order valence-corrected chi connectivity index (χ4v) is 2.09. The van der Waals surface area contributed by atoms with Crippen molar-refractivity contribution >= 4 is 5.97 Å². The predicted molar refractivity (Wildman–Crippen MR) is 82.8 cm³/mol. The van der Waals surface area contributed by atoms with Crippen LogP contribution in [0, 0.1) is 6.92 Å². The molecule has 116 valence electrons. The van der Waals surface area contributed by atoms with Gasteiger partial charge in [-0.15, -0.1) is 5.10 Å². The van der Waals surface area contributed by atoms with Gasteiger partial charge in [0.05, 0.1) is 12.8 Å². The molecule has 2 heterocycles. The number of carboxylic acid groups (broad SMARTS) is 1. The van der Waals surface area contributed by atoms with Gasteiger partial charge in [-0.2, -0.15) is 0 Å². The van der Waals surface area contributed by atoms with Gasteiger partial charge in [0.15, 0.2) is 5.82 Å². The van der Waals surface area contributed by atoms with Gasteiger partial charge in [0.2, 0.25) is 0 Å². The highest BCUT2D eigenvalue weighted by Crippen LogP contribution is 2.22. The van der Waals surface area contributed by atoms with Crippen LogP contribution in [-0.2, 0) is 0 Å². The van der Waals surface area contributed by atoms with Crippen LogP contribution in [0.3, 0.4) is 0 Å². The first-order valence-electron chi connectivity index (χ1n) is 6.86. The van der Waals surface area contributed by atoms with Crippen LogP contribution in [0.5, 0.6) is 5.75 Å². The molecule has 0 bridgehead atoms. The lowest BCUT2D eigenvalue weighted by Crippen LogP contribution is -2.02. The summed E-state index contributed by atoms with van der Waals surface area (Å²) in [5.41, 5.74) is 2.23. The number of ether oxygens (including phenoxy) is 1. The first-order valence-corrected chi connectivity index (χ1v) is 6.86. The fraction of sp³-hybridized carbons (Fsp3) is 0.125. The van der Waals surface area contributed by atoms with E-state index in [0.717, 1.165) is 5.69 Å². The topological polar surface area (TPSA) is 90.1 Å². The molecule has 0 aliphatic heterocycles. The van der Waals surface area contributed by atoms with E-state index in [1.165, 1.54) is 4.68 Å². The Morgan fingerprint density at radius 3 is 2.48 bits per heavy atom. The van der Waals surface area contributed by atoms with Gasteiger partial charge < -0.3 is 9.84 Å². The third-order valence-electron chi connectivity index (χ3n) is 3.28. The van der Waals surface area contributed by atoms with E-state index >= 15 is 0 Å². The van der Waals surface area contributed by atoms with E-state index in [4.69, 9.17) is 9.84 Å². The molecule has 0 unspecified atom stereocenters. The number of methoxy groups -OCH3 is 1. The first kappa shape index (κ1) is 14.7. The SMILES string of the molecule is COc1ccc(-n2nc(C(=O)O)nc2-c2ccc(C)nc2)cc1. The molecular weight excluding hydrogens is 296 g/mol. The van der Waals surface area contributed by atoms with Crippen LogP contribution in [-0.4, -0.2) is 37.9 Å². The minimum atomic E-state index is -1.18. The normalized spacial score (nSPS) is 10.5. The summed E-state index contributed by atoms with van der Waals surface area (Å²) < 4.78 is 6.61. The molecule has 0 fully saturated rings. The van der Waals surface area contributed by atoms with Crippen molar-refractivity contribution in [3.05, 3.63) is 54.1 Å². The van der Waals surface area contributed by atoms with Crippen LogP contribution in [0.4, 0.5) is 0 Å². The average Bonchev–Trinajstić information content (AvgIpc) is 3.01. The van der Waals surface area contributed by atoms with Gasteiger partial charge in [-0.1, -0.05) is 0 Å². The Balaban J connectivity index is 2.13. The maximum Gasteiger partial charge on any atom is 0.375 e. The van der Waals surface area contributed by atoms with E-state index in [1.54, 1.807) is 37.6 Å². The number of aryl methyl sites for hydroxylation is 1. The van der Waals surface area contributed by atoms with Crippen LogP contribution in [0.1, 0.15) is 16.3 Å². The first-order chi connectivity index (χ1) is 11.1. The molecule has 0 atom stereocenters. The highest BCUT2D eigenvalue weighted by atomic mass is 16.5. The molecule has 0 saturated heterocycles. The third-order valence-corrected chi connectivity index (χ3v) is 3.28. The molecule has 7 nitrogen and oxygen atoms in total. The molecule has 2 aromatic heterocycles. The minimum absolute atomic E-state index is 0.267. The standard InChI is InChI=1S/C16H14N4O3/c1-10-3-4-11(9-17-10)15-18-14(16(21)22)19-20(15)12-5-7-13(23-2)8-6-12/h3-9H,1-2H3,(H,21,22). The Labute approximate surface area is 132 Å². The summed E-state index contributed by atoms with van der Waals surface area (Å²) in [7, 11) is 1.58. The Hall–Kier alpha value is -3.22. The Morgan fingerprint density at radius 1 is 1.17 bits per heavy atom. The fourth-order valence-electron chi connectivity index (χ4n) is 2.09.